The molecule has 1 heterocycles. The molecule has 2 N–H and O–H groups in total. The highest BCUT2D eigenvalue weighted by molar-refractivity contribution is 7.97. The summed E-state index contributed by atoms with van der Waals surface area (Å²) in [6, 6.07) is 1.70. The van der Waals surface area contributed by atoms with Crippen LogP contribution in [0.4, 0.5) is 0 Å². The molecule has 3 nitrogen and oxygen atoms in total. The van der Waals surface area contributed by atoms with Crippen LogP contribution >= 0.6 is 11.9 Å². The van der Waals surface area contributed by atoms with Crippen LogP contribution in [0.5, 0.6) is 0 Å². The van der Waals surface area contributed by atoms with Gasteiger partial charge in [-0.25, -0.2) is 0 Å². The van der Waals surface area contributed by atoms with Crippen LogP contribution in [0.2, 0.25) is 0 Å². The maximum atomic E-state index is 5.09. The average Bonchev–Trinajstić information content (AvgIpc) is 2.14. The summed E-state index contributed by atoms with van der Waals surface area (Å²) in [6.45, 7) is 0. The molecular weight excluding hydrogens is 112 g/mol. The normalized spacial score (nSPS) is 9.29. The van der Waals surface area contributed by atoms with Gasteiger partial charge in [-0.05, 0) is 11.9 Å². The Labute approximate surface area is 45.0 Å². The molecule has 0 saturated heterocycles. The lowest BCUT2D eigenvalue weighted by Gasteiger charge is -1.75. The molecule has 1 aromatic heterocycles. The molecule has 0 radical (unpaired) electrons. The van der Waals surface area contributed by atoms with Crippen molar-refractivity contribution >= 4 is 11.9 Å². The van der Waals surface area contributed by atoms with Crippen LogP contribution in [-0.2, 0) is 0 Å². The van der Waals surface area contributed by atoms with Gasteiger partial charge in [-0.3, -0.25) is 5.14 Å². The Bertz CT molecular complexity index is 127. The monoisotopic (exact) mass is 116 g/mol. The maximum Gasteiger partial charge on any atom is 0.154 e. The second kappa shape index (κ2) is 1.99. The first-order valence-electron chi connectivity index (χ1n) is 1.70. The van der Waals surface area contributed by atoms with Gasteiger partial charge in [0.05, 0.1) is 0 Å². The Kier molecular flexibility index (Phi) is 1.33. The lowest BCUT2D eigenvalue weighted by molar-refractivity contribution is 0.404. The third kappa shape index (κ3) is 0.942. The molecule has 0 saturated carbocycles. The number of hydrogen-bond acceptors (Lipinski definition) is 4. The van der Waals surface area contributed by atoms with Gasteiger partial charge in [-0.15, -0.1) is 0 Å². The Morgan fingerprint density at radius 1 is 1.86 bits per heavy atom. The predicted molar refractivity (Wildman–Crippen MR) is 26.5 cm³/mol. The Balaban J connectivity index is 2.76. The first-order valence-corrected chi connectivity index (χ1v) is 2.58. The van der Waals surface area contributed by atoms with Crippen LogP contribution in [0.1, 0.15) is 0 Å². The van der Waals surface area contributed by atoms with Crippen molar-refractivity contribution in [2.75, 3.05) is 0 Å². The van der Waals surface area contributed by atoms with Crippen molar-refractivity contribution < 1.29 is 4.52 Å². The van der Waals surface area contributed by atoms with Crippen LogP contribution in [0.25, 0.3) is 0 Å². The summed E-state index contributed by atoms with van der Waals surface area (Å²) < 4.78 is 4.45. The Morgan fingerprint density at radius 3 is 3.00 bits per heavy atom. The molecule has 0 aromatic carbocycles. The van der Waals surface area contributed by atoms with Gasteiger partial charge in [-0.2, -0.15) is 0 Å². The second-order valence-corrected chi connectivity index (χ2v) is 1.61. The fourth-order valence-corrected chi connectivity index (χ4v) is 0.482. The lowest BCUT2D eigenvalue weighted by atomic mass is 10.8. The zero-order valence-electron chi connectivity index (χ0n) is 3.50. The van der Waals surface area contributed by atoms with E-state index in [0.717, 1.165) is 11.9 Å². The molecule has 0 amide bonds. The SMILES string of the molecule is NSc1ccon1. The lowest BCUT2D eigenvalue weighted by Crippen LogP contribution is -1.75. The van der Waals surface area contributed by atoms with Gasteiger partial charge in [0.1, 0.15) is 6.26 Å². The van der Waals surface area contributed by atoms with E-state index in [1.807, 2.05) is 0 Å². The summed E-state index contributed by atoms with van der Waals surface area (Å²) >= 11 is 1.07. The molecule has 7 heavy (non-hydrogen) atoms. The van der Waals surface area contributed by atoms with E-state index in [4.69, 9.17) is 5.14 Å². The van der Waals surface area contributed by atoms with E-state index in [-0.39, 0.29) is 0 Å². The molecule has 4 heteroatoms. The zero-order chi connectivity index (χ0) is 5.11. The van der Waals surface area contributed by atoms with Crippen LogP contribution in [0.3, 0.4) is 0 Å². The predicted octanol–water partition coefficient (Wildman–Crippen LogP) is 0.640. The third-order valence-electron chi connectivity index (χ3n) is 0.535. The van der Waals surface area contributed by atoms with Crippen molar-refractivity contribution in [3.8, 4) is 0 Å². The standard InChI is InChI=1S/C3H4N2OS/c4-7-3-1-2-6-5-3/h1-2H,4H2. The van der Waals surface area contributed by atoms with E-state index in [9.17, 15) is 0 Å². The molecule has 0 aliphatic rings. The summed E-state index contributed by atoms with van der Waals surface area (Å²) in [5.41, 5.74) is 0. The molecule has 0 aliphatic heterocycles. The number of nitrogens with two attached hydrogens (primary N) is 1. The van der Waals surface area contributed by atoms with Gasteiger partial charge >= 0.3 is 0 Å². The Hall–Kier alpha value is -0.480. The topological polar surface area (TPSA) is 52.0 Å². The highest BCUT2D eigenvalue weighted by atomic mass is 32.2. The van der Waals surface area contributed by atoms with Crippen LogP contribution in [-0.4, -0.2) is 5.16 Å². The van der Waals surface area contributed by atoms with Gasteiger partial charge in [0, 0.05) is 6.07 Å². The van der Waals surface area contributed by atoms with Crippen molar-refractivity contribution in [2.45, 2.75) is 5.03 Å². The average molecular weight is 116 g/mol. The third-order valence-corrected chi connectivity index (χ3v) is 0.987. The van der Waals surface area contributed by atoms with Gasteiger partial charge < -0.3 is 4.52 Å². The number of rotatable bonds is 1. The molecule has 1 rings (SSSR count). The summed E-state index contributed by atoms with van der Waals surface area (Å²) in [5.74, 6) is 0. The minimum atomic E-state index is 0.708. The zero-order valence-corrected chi connectivity index (χ0v) is 4.31. The van der Waals surface area contributed by atoms with E-state index >= 15 is 0 Å². The van der Waals surface area contributed by atoms with Gasteiger partial charge in [0.15, 0.2) is 5.03 Å². The molecular formula is C3H4N2OS. The van der Waals surface area contributed by atoms with E-state index in [1.54, 1.807) is 6.07 Å². The van der Waals surface area contributed by atoms with Crippen molar-refractivity contribution in [3.63, 3.8) is 0 Å². The summed E-state index contributed by atoms with van der Waals surface area (Å²) in [6.07, 6.45) is 1.48. The van der Waals surface area contributed by atoms with E-state index < -0.39 is 0 Å². The van der Waals surface area contributed by atoms with Crippen molar-refractivity contribution in [1.29, 1.82) is 0 Å². The summed E-state index contributed by atoms with van der Waals surface area (Å²) in [5, 5.41) is 9.29. The minimum absolute atomic E-state index is 0.708. The molecule has 0 bridgehead atoms. The van der Waals surface area contributed by atoms with Crippen LogP contribution in [0.15, 0.2) is 21.9 Å². The molecule has 0 spiro atoms. The van der Waals surface area contributed by atoms with Gasteiger partial charge in [-0.1, -0.05) is 5.16 Å². The number of hydrogen-bond donors (Lipinski definition) is 1. The highest BCUT2D eigenvalue weighted by Gasteiger charge is 1.87. The van der Waals surface area contributed by atoms with Crippen molar-refractivity contribution in [3.05, 3.63) is 12.3 Å². The van der Waals surface area contributed by atoms with Gasteiger partial charge in [0.2, 0.25) is 0 Å². The largest absolute Gasteiger partial charge is 0.364 e. The number of nitrogens with zero attached hydrogens (tertiary/aromatic N) is 1. The minimum Gasteiger partial charge on any atom is -0.364 e. The van der Waals surface area contributed by atoms with E-state index in [0.29, 0.717) is 5.03 Å². The van der Waals surface area contributed by atoms with Crippen molar-refractivity contribution in [1.82, 2.24) is 5.16 Å². The number of aromatic nitrogens is 1. The smallest absolute Gasteiger partial charge is 0.154 e. The molecule has 0 fully saturated rings. The van der Waals surface area contributed by atoms with E-state index in [1.165, 1.54) is 6.26 Å². The molecule has 1 aromatic rings. The summed E-state index contributed by atoms with van der Waals surface area (Å²) in [4.78, 5) is 0. The van der Waals surface area contributed by atoms with E-state index in [2.05, 4.69) is 9.68 Å². The van der Waals surface area contributed by atoms with Crippen molar-refractivity contribution in [2.24, 2.45) is 5.14 Å². The highest BCUT2D eigenvalue weighted by Crippen LogP contribution is 2.04. The fourth-order valence-electron chi connectivity index (χ4n) is 0.262. The summed E-state index contributed by atoms with van der Waals surface area (Å²) in [7, 11) is 0. The quantitative estimate of drug-likeness (QED) is 0.547. The first kappa shape index (κ1) is 4.67. The molecule has 0 unspecified atom stereocenters. The van der Waals surface area contributed by atoms with Crippen LogP contribution < -0.4 is 5.14 Å². The maximum absolute atomic E-state index is 5.09. The Morgan fingerprint density at radius 2 is 2.71 bits per heavy atom. The molecule has 38 valence electrons. The molecule has 0 atom stereocenters. The van der Waals surface area contributed by atoms with Gasteiger partial charge in [0.25, 0.3) is 0 Å². The first-order chi connectivity index (χ1) is 3.43. The fraction of sp³-hybridized carbons (Fsp3) is 0. The molecule has 0 aliphatic carbocycles. The van der Waals surface area contributed by atoms with Crippen LogP contribution in [0, 0.1) is 0 Å². The second-order valence-electron chi connectivity index (χ2n) is 0.956.